The molecule has 0 saturated carbocycles. The van der Waals surface area contributed by atoms with Crippen molar-refractivity contribution in [3.05, 3.63) is 90.3 Å². The third kappa shape index (κ3) is 5.68. The molecule has 0 fully saturated rings. The van der Waals surface area contributed by atoms with Gasteiger partial charge in [0, 0.05) is 6.20 Å². The van der Waals surface area contributed by atoms with Crippen LogP contribution in [0.1, 0.15) is 11.1 Å². The predicted octanol–water partition coefficient (Wildman–Crippen LogP) is 3.98. The van der Waals surface area contributed by atoms with Gasteiger partial charge in [-0.25, -0.2) is 0 Å². The number of ether oxygens (including phenoxy) is 1. The van der Waals surface area contributed by atoms with Gasteiger partial charge in [-0.05, 0) is 59.7 Å². The van der Waals surface area contributed by atoms with E-state index in [0.29, 0.717) is 11.7 Å². The molecular weight excluding hydrogens is 344 g/mol. The van der Waals surface area contributed by atoms with E-state index in [2.05, 4.69) is 20.8 Å². The van der Waals surface area contributed by atoms with Crippen LogP contribution in [-0.2, 0) is 6.61 Å². The molecule has 0 saturated heterocycles. The molecule has 0 unspecified atom stereocenters. The molecule has 130 valence electrons. The van der Waals surface area contributed by atoms with E-state index in [4.69, 9.17) is 17.0 Å². The highest BCUT2D eigenvalue weighted by Crippen LogP contribution is 2.13. The summed E-state index contributed by atoms with van der Waals surface area (Å²) in [6.07, 6.45) is 5.08. The van der Waals surface area contributed by atoms with E-state index >= 15 is 0 Å². The Bertz CT molecular complexity index is 852. The molecule has 0 bridgehead atoms. The van der Waals surface area contributed by atoms with E-state index in [1.807, 2.05) is 66.7 Å². The van der Waals surface area contributed by atoms with Gasteiger partial charge in [0.2, 0.25) is 0 Å². The highest BCUT2D eigenvalue weighted by atomic mass is 32.1. The fraction of sp³-hybridized carbons (Fsp3) is 0.0500. The lowest BCUT2D eigenvalue weighted by Crippen LogP contribution is -2.23. The lowest BCUT2D eigenvalue weighted by molar-refractivity contribution is 0.306. The fourth-order valence-corrected chi connectivity index (χ4v) is 2.32. The number of aromatic nitrogens is 1. The van der Waals surface area contributed by atoms with Gasteiger partial charge in [0.05, 0.1) is 18.1 Å². The van der Waals surface area contributed by atoms with Crippen LogP contribution in [0.4, 0.5) is 5.69 Å². The molecular formula is C20H18N4OS. The first kappa shape index (κ1) is 17.6. The lowest BCUT2D eigenvalue weighted by atomic mass is 10.2. The summed E-state index contributed by atoms with van der Waals surface area (Å²) in [4.78, 5) is 4.01. The SMILES string of the molecule is S=C(NN=Cc1ccc(OCc2ccccc2)cc1)Nc1cccnc1. The van der Waals surface area contributed by atoms with Crippen molar-refractivity contribution in [1.82, 2.24) is 10.4 Å². The second-order valence-electron chi connectivity index (χ2n) is 5.41. The van der Waals surface area contributed by atoms with E-state index < -0.39 is 0 Å². The van der Waals surface area contributed by atoms with Crippen molar-refractivity contribution in [1.29, 1.82) is 0 Å². The zero-order valence-electron chi connectivity index (χ0n) is 14.0. The van der Waals surface area contributed by atoms with Crippen LogP contribution in [0.25, 0.3) is 0 Å². The Hall–Kier alpha value is -3.25. The summed E-state index contributed by atoms with van der Waals surface area (Å²) in [6, 6.07) is 21.5. The fourth-order valence-electron chi connectivity index (χ4n) is 2.15. The van der Waals surface area contributed by atoms with Gasteiger partial charge < -0.3 is 10.1 Å². The minimum Gasteiger partial charge on any atom is -0.489 e. The number of benzene rings is 2. The van der Waals surface area contributed by atoms with Gasteiger partial charge in [-0.1, -0.05) is 30.3 Å². The Kier molecular flexibility index (Phi) is 6.28. The number of pyridine rings is 1. The van der Waals surface area contributed by atoms with Gasteiger partial charge >= 0.3 is 0 Å². The second kappa shape index (κ2) is 9.29. The summed E-state index contributed by atoms with van der Waals surface area (Å²) in [5.41, 5.74) is 5.65. The molecule has 2 N–H and O–H groups in total. The maximum atomic E-state index is 5.76. The van der Waals surface area contributed by atoms with Crippen molar-refractivity contribution in [2.45, 2.75) is 6.61 Å². The standard InChI is InChI=1S/C20H18N4OS/c26-20(23-18-7-4-12-21-14-18)24-22-13-16-8-10-19(11-9-16)25-15-17-5-2-1-3-6-17/h1-14H,15H2,(H2,23,24,26). The highest BCUT2D eigenvalue weighted by molar-refractivity contribution is 7.80. The average Bonchev–Trinajstić information content (AvgIpc) is 2.69. The van der Waals surface area contributed by atoms with Crippen molar-refractivity contribution in [2.24, 2.45) is 5.10 Å². The van der Waals surface area contributed by atoms with Gasteiger partial charge in [0.1, 0.15) is 12.4 Å². The van der Waals surface area contributed by atoms with Gasteiger partial charge in [-0.2, -0.15) is 5.10 Å². The van der Waals surface area contributed by atoms with Crippen molar-refractivity contribution in [3.8, 4) is 5.75 Å². The molecule has 0 radical (unpaired) electrons. The second-order valence-corrected chi connectivity index (χ2v) is 5.82. The first-order valence-corrected chi connectivity index (χ1v) is 8.47. The van der Waals surface area contributed by atoms with Crippen LogP contribution < -0.4 is 15.5 Å². The molecule has 1 heterocycles. The topological polar surface area (TPSA) is 58.5 Å². The Morgan fingerprint density at radius 2 is 1.85 bits per heavy atom. The number of rotatable bonds is 6. The average molecular weight is 362 g/mol. The molecule has 26 heavy (non-hydrogen) atoms. The quantitative estimate of drug-likeness (QED) is 0.395. The summed E-state index contributed by atoms with van der Waals surface area (Å²) in [5, 5.41) is 7.51. The minimum absolute atomic E-state index is 0.400. The molecule has 6 heteroatoms. The van der Waals surface area contributed by atoms with Crippen LogP contribution in [0, 0.1) is 0 Å². The summed E-state index contributed by atoms with van der Waals surface area (Å²) in [7, 11) is 0. The largest absolute Gasteiger partial charge is 0.489 e. The maximum Gasteiger partial charge on any atom is 0.191 e. The highest BCUT2D eigenvalue weighted by Gasteiger charge is 1.97. The van der Waals surface area contributed by atoms with Crippen molar-refractivity contribution < 1.29 is 4.74 Å². The molecule has 0 aliphatic rings. The van der Waals surface area contributed by atoms with Crippen LogP contribution in [0.15, 0.2) is 84.2 Å². The zero-order valence-corrected chi connectivity index (χ0v) is 14.8. The summed E-state index contributed by atoms with van der Waals surface area (Å²) in [5.74, 6) is 0.813. The number of nitrogens with one attached hydrogen (secondary N) is 2. The molecule has 2 aromatic carbocycles. The third-order valence-electron chi connectivity index (χ3n) is 3.43. The van der Waals surface area contributed by atoms with E-state index in [1.54, 1.807) is 18.6 Å². The molecule has 0 spiro atoms. The summed E-state index contributed by atoms with van der Waals surface area (Å²) >= 11 is 5.17. The van der Waals surface area contributed by atoms with Crippen LogP contribution >= 0.6 is 12.2 Å². The Labute approximate surface area is 157 Å². The Morgan fingerprint density at radius 1 is 1.04 bits per heavy atom. The van der Waals surface area contributed by atoms with E-state index in [0.717, 1.165) is 22.6 Å². The molecule has 3 aromatic rings. The van der Waals surface area contributed by atoms with Crippen LogP contribution in [0.2, 0.25) is 0 Å². The smallest absolute Gasteiger partial charge is 0.191 e. The summed E-state index contributed by atoms with van der Waals surface area (Å²) in [6.45, 7) is 0.546. The predicted molar refractivity (Wildman–Crippen MR) is 108 cm³/mol. The van der Waals surface area contributed by atoms with Crippen LogP contribution in [-0.4, -0.2) is 16.3 Å². The number of hydrazone groups is 1. The van der Waals surface area contributed by atoms with Crippen LogP contribution in [0.5, 0.6) is 5.75 Å². The van der Waals surface area contributed by atoms with Gasteiger partial charge in [-0.15, -0.1) is 0 Å². The van der Waals surface area contributed by atoms with Gasteiger partial charge in [0.15, 0.2) is 5.11 Å². The lowest BCUT2D eigenvalue weighted by Gasteiger charge is -2.07. The minimum atomic E-state index is 0.400. The zero-order chi connectivity index (χ0) is 18.0. The Morgan fingerprint density at radius 3 is 2.58 bits per heavy atom. The molecule has 0 amide bonds. The number of hydrogen-bond acceptors (Lipinski definition) is 4. The third-order valence-corrected chi connectivity index (χ3v) is 3.62. The molecule has 0 aliphatic carbocycles. The number of nitrogens with zero attached hydrogens (tertiary/aromatic N) is 2. The van der Waals surface area contributed by atoms with Crippen LogP contribution in [0.3, 0.4) is 0 Å². The van der Waals surface area contributed by atoms with E-state index in [1.165, 1.54) is 0 Å². The number of hydrogen-bond donors (Lipinski definition) is 2. The molecule has 1 aromatic heterocycles. The normalized spacial score (nSPS) is 10.5. The molecule has 0 atom stereocenters. The maximum absolute atomic E-state index is 5.76. The van der Waals surface area contributed by atoms with E-state index in [-0.39, 0.29) is 0 Å². The Balaban J connectivity index is 1.46. The first-order chi connectivity index (χ1) is 12.8. The van der Waals surface area contributed by atoms with Gasteiger partial charge in [0.25, 0.3) is 0 Å². The van der Waals surface area contributed by atoms with Crippen molar-refractivity contribution >= 4 is 29.2 Å². The van der Waals surface area contributed by atoms with Crippen molar-refractivity contribution in [2.75, 3.05) is 5.32 Å². The monoisotopic (exact) mass is 362 g/mol. The summed E-state index contributed by atoms with van der Waals surface area (Å²) < 4.78 is 5.76. The first-order valence-electron chi connectivity index (χ1n) is 8.06. The van der Waals surface area contributed by atoms with Gasteiger partial charge in [-0.3, -0.25) is 10.4 Å². The van der Waals surface area contributed by atoms with E-state index in [9.17, 15) is 0 Å². The number of thiocarbonyl (C=S) groups is 1. The molecule has 5 nitrogen and oxygen atoms in total. The number of anilines is 1. The molecule has 3 rings (SSSR count). The molecule has 0 aliphatic heterocycles. The van der Waals surface area contributed by atoms with Crippen molar-refractivity contribution in [3.63, 3.8) is 0 Å².